The van der Waals surface area contributed by atoms with Gasteiger partial charge in [0.15, 0.2) is 0 Å². The molecule has 0 saturated carbocycles. The molecule has 0 radical (unpaired) electrons. The van der Waals surface area contributed by atoms with E-state index in [1.54, 1.807) is 19.4 Å². The van der Waals surface area contributed by atoms with Crippen LogP contribution in [0, 0.1) is 12.7 Å². The number of aromatic nitrogens is 2. The molecule has 20 heavy (non-hydrogen) atoms. The van der Waals surface area contributed by atoms with Crippen LogP contribution in [-0.4, -0.2) is 30.0 Å². The smallest absolute Gasteiger partial charge is 0.123 e. The van der Waals surface area contributed by atoms with Crippen LogP contribution in [0.5, 0.6) is 0 Å². The molecule has 0 fully saturated rings. The summed E-state index contributed by atoms with van der Waals surface area (Å²) in [7, 11) is 1.68. The van der Waals surface area contributed by atoms with Crippen LogP contribution >= 0.6 is 0 Å². The largest absolute Gasteiger partial charge is 0.383 e. The third-order valence-corrected chi connectivity index (χ3v) is 3.22. The van der Waals surface area contributed by atoms with Crippen molar-refractivity contribution in [2.75, 3.05) is 20.3 Å². The molecule has 1 aromatic heterocycles. The minimum absolute atomic E-state index is 0.201. The van der Waals surface area contributed by atoms with Crippen LogP contribution in [0.2, 0.25) is 0 Å². The van der Waals surface area contributed by atoms with E-state index in [1.807, 2.05) is 23.7 Å². The second-order valence-corrected chi connectivity index (χ2v) is 4.72. The van der Waals surface area contributed by atoms with E-state index in [1.165, 1.54) is 6.07 Å². The maximum atomic E-state index is 13.1. The lowest BCUT2D eigenvalue weighted by molar-refractivity contribution is 0.199. The number of hydrogen-bond acceptors (Lipinski definition) is 3. The van der Waals surface area contributed by atoms with Gasteiger partial charge in [0.25, 0.3) is 0 Å². The summed E-state index contributed by atoms with van der Waals surface area (Å²) in [5.41, 5.74) is 3.12. The summed E-state index contributed by atoms with van der Waals surface area (Å²) in [6.07, 6.45) is 1.78. The molecule has 2 rings (SSSR count). The van der Waals surface area contributed by atoms with E-state index in [9.17, 15) is 4.39 Å². The van der Waals surface area contributed by atoms with E-state index in [0.717, 1.165) is 29.9 Å². The minimum Gasteiger partial charge on any atom is -0.383 e. The van der Waals surface area contributed by atoms with Gasteiger partial charge in [-0.3, -0.25) is 4.68 Å². The topological polar surface area (TPSA) is 39.1 Å². The van der Waals surface area contributed by atoms with Crippen molar-refractivity contribution in [2.24, 2.45) is 0 Å². The molecule has 0 aliphatic heterocycles. The standard InChI is InChI=1S/C15H20FN3O/c1-12-9-14(16)4-3-13(12)11-19-15(5-6-18-19)10-17-7-8-20-2/h3-6,9,17H,7-8,10-11H2,1-2H3. The molecule has 0 amide bonds. The van der Waals surface area contributed by atoms with Gasteiger partial charge in [0.2, 0.25) is 0 Å². The first kappa shape index (κ1) is 14.7. The second kappa shape index (κ2) is 7.17. The van der Waals surface area contributed by atoms with E-state index >= 15 is 0 Å². The lowest BCUT2D eigenvalue weighted by Crippen LogP contribution is -2.21. The van der Waals surface area contributed by atoms with Gasteiger partial charge in [0.05, 0.1) is 18.8 Å². The molecule has 0 bridgehead atoms. The summed E-state index contributed by atoms with van der Waals surface area (Å²) in [5, 5.41) is 7.62. The normalized spacial score (nSPS) is 10.9. The molecule has 0 unspecified atom stereocenters. The van der Waals surface area contributed by atoms with Crippen LogP contribution in [0.15, 0.2) is 30.5 Å². The van der Waals surface area contributed by atoms with Crippen LogP contribution in [0.1, 0.15) is 16.8 Å². The number of ether oxygens (including phenoxy) is 1. The third kappa shape index (κ3) is 3.88. The number of nitrogens with one attached hydrogen (secondary N) is 1. The van der Waals surface area contributed by atoms with Gasteiger partial charge in [-0.15, -0.1) is 0 Å². The highest BCUT2D eigenvalue weighted by Crippen LogP contribution is 2.12. The maximum Gasteiger partial charge on any atom is 0.123 e. The van der Waals surface area contributed by atoms with Gasteiger partial charge in [-0.2, -0.15) is 5.10 Å². The molecule has 1 heterocycles. The zero-order chi connectivity index (χ0) is 14.4. The summed E-state index contributed by atoms with van der Waals surface area (Å²) >= 11 is 0. The van der Waals surface area contributed by atoms with Crippen molar-refractivity contribution in [3.63, 3.8) is 0 Å². The molecule has 0 spiro atoms. The van der Waals surface area contributed by atoms with Crippen molar-refractivity contribution in [1.82, 2.24) is 15.1 Å². The Hall–Kier alpha value is -1.72. The van der Waals surface area contributed by atoms with Crippen LogP contribution < -0.4 is 5.32 Å². The van der Waals surface area contributed by atoms with Gasteiger partial charge in [0.1, 0.15) is 5.82 Å². The molecular weight excluding hydrogens is 257 g/mol. The van der Waals surface area contributed by atoms with Gasteiger partial charge < -0.3 is 10.1 Å². The fourth-order valence-corrected chi connectivity index (χ4v) is 2.04. The Balaban J connectivity index is 2.01. The highest BCUT2D eigenvalue weighted by Gasteiger charge is 2.06. The number of rotatable bonds is 7. The van der Waals surface area contributed by atoms with Gasteiger partial charge in [-0.05, 0) is 36.2 Å². The maximum absolute atomic E-state index is 13.1. The minimum atomic E-state index is -0.201. The molecule has 2 aromatic rings. The average Bonchev–Trinajstić information content (AvgIpc) is 2.85. The first-order valence-corrected chi connectivity index (χ1v) is 6.66. The number of hydrogen-bond donors (Lipinski definition) is 1. The molecule has 0 aliphatic carbocycles. The molecule has 1 N–H and O–H groups in total. The van der Waals surface area contributed by atoms with Crippen molar-refractivity contribution >= 4 is 0 Å². The van der Waals surface area contributed by atoms with E-state index in [2.05, 4.69) is 10.4 Å². The van der Waals surface area contributed by atoms with Gasteiger partial charge in [-0.1, -0.05) is 6.07 Å². The van der Waals surface area contributed by atoms with Gasteiger partial charge in [-0.25, -0.2) is 4.39 Å². The highest BCUT2D eigenvalue weighted by molar-refractivity contribution is 5.27. The number of halogens is 1. The summed E-state index contributed by atoms with van der Waals surface area (Å²) < 4.78 is 20.0. The molecule has 4 nitrogen and oxygen atoms in total. The van der Waals surface area contributed by atoms with Crippen molar-refractivity contribution in [2.45, 2.75) is 20.0 Å². The summed E-state index contributed by atoms with van der Waals surface area (Å²) in [6, 6.07) is 6.84. The zero-order valence-electron chi connectivity index (χ0n) is 11.9. The first-order valence-electron chi connectivity index (χ1n) is 6.66. The molecule has 0 saturated heterocycles. The predicted molar refractivity (Wildman–Crippen MR) is 76.0 cm³/mol. The molecule has 108 valence electrons. The fourth-order valence-electron chi connectivity index (χ4n) is 2.04. The van der Waals surface area contributed by atoms with E-state index in [4.69, 9.17) is 4.74 Å². The SMILES string of the molecule is COCCNCc1ccnn1Cc1ccc(F)cc1C. The summed E-state index contributed by atoms with van der Waals surface area (Å²) in [4.78, 5) is 0. The van der Waals surface area contributed by atoms with Crippen LogP contribution in [0.4, 0.5) is 4.39 Å². The Morgan fingerprint density at radius 3 is 2.95 bits per heavy atom. The first-order chi connectivity index (χ1) is 9.70. The van der Waals surface area contributed by atoms with Crippen LogP contribution in [-0.2, 0) is 17.8 Å². The summed E-state index contributed by atoms with van der Waals surface area (Å²) in [6.45, 7) is 4.80. The predicted octanol–water partition coefficient (Wildman–Crippen LogP) is 2.11. The molecule has 1 aromatic carbocycles. The molecule has 0 atom stereocenters. The van der Waals surface area contributed by atoms with E-state index in [0.29, 0.717) is 13.2 Å². The molecule has 0 aliphatic rings. The third-order valence-electron chi connectivity index (χ3n) is 3.22. The zero-order valence-corrected chi connectivity index (χ0v) is 11.9. The Morgan fingerprint density at radius 2 is 2.20 bits per heavy atom. The Bertz CT molecular complexity index is 554. The Kier molecular flexibility index (Phi) is 5.26. The van der Waals surface area contributed by atoms with Gasteiger partial charge in [0, 0.05) is 26.4 Å². The summed E-state index contributed by atoms with van der Waals surface area (Å²) in [5.74, 6) is -0.201. The molecule has 5 heteroatoms. The number of benzene rings is 1. The Morgan fingerprint density at radius 1 is 1.35 bits per heavy atom. The van der Waals surface area contributed by atoms with Crippen molar-refractivity contribution in [3.8, 4) is 0 Å². The van der Waals surface area contributed by atoms with Crippen LogP contribution in [0.25, 0.3) is 0 Å². The monoisotopic (exact) mass is 277 g/mol. The van der Waals surface area contributed by atoms with E-state index < -0.39 is 0 Å². The van der Waals surface area contributed by atoms with Crippen molar-refractivity contribution < 1.29 is 9.13 Å². The fraction of sp³-hybridized carbons (Fsp3) is 0.400. The number of nitrogens with zero attached hydrogens (tertiary/aromatic N) is 2. The van der Waals surface area contributed by atoms with Crippen LogP contribution in [0.3, 0.4) is 0 Å². The highest BCUT2D eigenvalue weighted by atomic mass is 19.1. The lowest BCUT2D eigenvalue weighted by atomic mass is 10.1. The van der Waals surface area contributed by atoms with Crippen molar-refractivity contribution in [3.05, 3.63) is 53.1 Å². The van der Waals surface area contributed by atoms with Crippen molar-refractivity contribution in [1.29, 1.82) is 0 Å². The van der Waals surface area contributed by atoms with Gasteiger partial charge >= 0.3 is 0 Å². The second-order valence-electron chi connectivity index (χ2n) is 4.72. The Labute approximate surface area is 118 Å². The quantitative estimate of drug-likeness (QED) is 0.788. The number of methoxy groups -OCH3 is 1. The van der Waals surface area contributed by atoms with E-state index in [-0.39, 0.29) is 5.82 Å². The number of aryl methyl sites for hydroxylation is 1. The lowest BCUT2D eigenvalue weighted by Gasteiger charge is -2.10. The molecular formula is C15H20FN3O. The average molecular weight is 277 g/mol.